The Kier molecular flexibility index (Phi) is 6.37. The summed E-state index contributed by atoms with van der Waals surface area (Å²) < 4.78 is 0. The van der Waals surface area contributed by atoms with Crippen LogP contribution in [-0.4, -0.2) is 4.98 Å². The van der Waals surface area contributed by atoms with Gasteiger partial charge in [-0.3, -0.25) is 4.98 Å². The quantitative estimate of drug-likeness (QED) is 0.589. The second-order valence-corrected chi connectivity index (χ2v) is 3.04. The van der Waals surface area contributed by atoms with Crippen LogP contribution in [0.4, 0.5) is 0 Å². The van der Waals surface area contributed by atoms with Gasteiger partial charge in [0.15, 0.2) is 0 Å². The molecule has 1 heterocycles. The summed E-state index contributed by atoms with van der Waals surface area (Å²) >= 11 is 4.90. The van der Waals surface area contributed by atoms with Crippen LogP contribution in [0.25, 0.3) is 0 Å². The summed E-state index contributed by atoms with van der Waals surface area (Å²) in [7, 11) is 0. The second kappa shape index (κ2) is 5.76. The normalized spacial score (nSPS) is 9.36. The van der Waals surface area contributed by atoms with Gasteiger partial charge in [-0.25, -0.2) is 0 Å². The van der Waals surface area contributed by atoms with Crippen LogP contribution in [0.15, 0.2) is 23.2 Å². The topological polar surface area (TPSA) is 12.9 Å². The summed E-state index contributed by atoms with van der Waals surface area (Å²) in [5, 5.41) is 0. The predicted octanol–water partition coefficient (Wildman–Crippen LogP) is -0.885. The fourth-order valence-electron chi connectivity index (χ4n) is 0.733. The van der Waals surface area contributed by atoms with E-state index in [-0.39, 0.29) is 58.2 Å². The smallest absolute Gasteiger partial charge is 0.778 e. The van der Waals surface area contributed by atoms with Gasteiger partial charge in [-0.2, -0.15) is 4.90 Å². The molecule has 0 N–H and O–H groups in total. The van der Waals surface area contributed by atoms with Crippen molar-refractivity contribution < 1.29 is 58.2 Å². The molecule has 0 spiro atoms. The van der Waals surface area contributed by atoms with Crippen molar-refractivity contribution >= 4 is 12.6 Å². The Balaban J connectivity index is 0.000001000. The summed E-state index contributed by atoms with van der Waals surface area (Å²) in [6, 6.07) is 3.89. The van der Waals surface area contributed by atoms with Crippen molar-refractivity contribution in [3.63, 3.8) is 0 Å². The predicted molar refractivity (Wildman–Crippen MR) is 44.0 cm³/mol. The van der Waals surface area contributed by atoms with Crippen molar-refractivity contribution in [2.45, 2.75) is 24.7 Å². The minimum atomic E-state index is 0. The zero-order chi connectivity index (χ0) is 7.56. The van der Waals surface area contributed by atoms with Crippen LogP contribution >= 0.6 is 0 Å². The maximum atomic E-state index is 4.90. The summed E-state index contributed by atoms with van der Waals surface area (Å²) in [5.74, 6) is 0.496. The molecule has 0 bridgehead atoms. The minimum Gasteiger partial charge on any atom is -0.778 e. The van der Waals surface area contributed by atoms with Gasteiger partial charge >= 0.3 is 58.2 Å². The van der Waals surface area contributed by atoms with Gasteiger partial charge in [0.2, 0.25) is 0 Å². The van der Waals surface area contributed by atoms with E-state index in [9.17, 15) is 0 Å². The summed E-state index contributed by atoms with van der Waals surface area (Å²) in [6.07, 6.45) is 1.73. The van der Waals surface area contributed by atoms with Crippen LogP contribution in [0.2, 0.25) is 0 Å². The van der Waals surface area contributed by atoms with Crippen molar-refractivity contribution in [2.75, 3.05) is 0 Å². The fraction of sp³-hybridized carbons (Fsp3) is 0.375. The molecule has 0 atom stereocenters. The second-order valence-electron chi connectivity index (χ2n) is 2.57. The van der Waals surface area contributed by atoms with Crippen molar-refractivity contribution in [3.05, 3.63) is 24.0 Å². The molecule has 1 aromatic heterocycles. The van der Waals surface area contributed by atoms with Gasteiger partial charge in [-0.15, -0.1) is 0 Å². The molecule has 0 aliphatic heterocycles. The third-order valence-electron chi connectivity index (χ3n) is 1.35. The Morgan fingerprint density at radius 1 is 1.36 bits per heavy atom. The molecule has 0 unspecified atom stereocenters. The van der Waals surface area contributed by atoms with Crippen molar-refractivity contribution in [1.29, 1.82) is 0 Å². The average Bonchev–Trinajstić information content (AvgIpc) is 1.88. The number of hydrogen-bond donors (Lipinski definition) is 0. The van der Waals surface area contributed by atoms with Gasteiger partial charge < -0.3 is 12.6 Å². The van der Waals surface area contributed by atoms with E-state index in [0.29, 0.717) is 5.92 Å². The average molecular weight is 238 g/mol. The van der Waals surface area contributed by atoms with E-state index in [4.69, 9.17) is 12.6 Å². The first kappa shape index (κ1) is 12.2. The van der Waals surface area contributed by atoms with E-state index < -0.39 is 0 Å². The van der Waals surface area contributed by atoms with E-state index in [0.717, 1.165) is 10.6 Å². The van der Waals surface area contributed by atoms with Crippen molar-refractivity contribution in [1.82, 2.24) is 4.98 Å². The Hall–Kier alpha value is 1.18. The van der Waals surface area contributed by atoms with Gasteiger partial charge in [0, 0.05) is 11.9 Å². The molecular weight excluding hydrogens is 228 g/mol. The molecule has 0 amide bonds. The SMILES string of the molecule is CC(C)c1ccc([S-])cn1.[Rb+]. The van der Waals surface area contributed by atoms with Crippen LogP contribution < -0.4 is 58.2 Å². The van der Waals surface area contributed by atoms with E-state index in [1.165, 1.54) is 0 Å². The molecule has 0 aliphatic carbocycles. The molecule has 0 aliphatic rings. The number of pyridine rings is 1. The fourth-order valence-corrected chi connectivity index (χ4v) is 0.854. The van der Waals surface area contributed by atoms with Crippen LogP contribution in [0, 0.1) is 0 Å². The Morgan fingerprint density at radius 3 is 2.36 bits per heavy atom. The molecule has 0 saturated heterocycles. The summed E-state index contributed by atoms with van der Waals surface area (Å²) in [4.78, 5) is 4.98. The van der Waals surface area contributed by atoms with E-state index in [2.05, 4.69) is 18.8 Å². The first-order valence-corrected chi connectivity index (χ1v) is 3.74. The van der Waals surface area contributed by atoms with Crippen LogP contribution in [0.1, 0.15) is 25.5 Å². The van der Waals surface area contributed by atoms with E-state index in [1.54, 1.807) is 6.20 Å². The molecular formula is C8H10NRbS. The zero-order valence-electron chi connectivity index (χ0n) is 7.16. The molecule has 3 heteroatoms. The molecule has 0 saturated carbocycles. The monoisotopic (exact) mass is 237 g/mol. The standard InChI is InChI=1S/C8H11NS.Rb/c1-6(2)8-4-3-7(10)5-9-8;/h3-6,10H,1-2H3;/q;+1/p-1. The Labute approximate surface area is 122 Å². The van der Waals surface area contributed by atoms with Crippen LogP contribution in [-0.2, 0) is 12.6 Å². The van der Waals surface area contributed by atoms with Gasteiger partial charge in [-0.1, -0.05) is 19.9 Å². The summed E-state index contributed by atoms with van der Waals surface area (Å²) in [5.41, 5.74) is 1.11. The number of hydrogen-bond acceptors (Lipinski definition) is 2. The van der Waals surface area contributed by atoms with E-state index >= 15 is 0 Å². The maximum Gasteiger partial charge on any atom is 1.00 e. The molecule has 1 rings (SSSR count). The zero-order valence-corrected chi connectivity index (χ0v) is 12.9. The molecule has 11 heavy (non-hydrogen) atoms. The number of rotatable bonds is 1. The van der Waals surface area contributed by atoms with Crippen LogP contribution in [0.5, 0.6) is 0 Å². The van der Waals surface area contributed by atoms with Gasteiger partial charge in [-0.05, 0) is 12.0 Å². The number of nitrogens with zero attached hydrogens (tertiary/aromatic N) is 1. The Bertz CT molecular complexity index is 208. The molecule has 0 aromatic carbocycles. The number of aromatic nitrogens is 1. The van der Waals surface area contributed by atoms with Gasteiger partial charge in [0.25, 0.3) is 0 Å². The third kappa shape index (κ3) is 4.09. The molecule has 1 aromatic rings. The summed E-state index contributed by atoms with van der Waals surface area (Å²) in [6.45, 7) is 4.23. The van der Waals surface area contributed by atoms with E-state index in [1.807, 2.05) is 12.1 Å². The largest absolute Gasteiger partial charge is 1.00 e. The molecule has 54 valence electrons. The molecule has 0 fully saturated rings. The van der Waals surface area contributed by atoms with Crippen LogP contribution in [0.3, 0.4) is 0 Å². The first-order valence-electron chi connectivity index (χ1n) is 3.33. The minimum absolute atomic E-state index is 0. The van der Waals surface area contributed by atoms with Crippen molar-refractivity contribution in [2.24, 2.45) is 0 Å². The molecule has 0 radical (unpaired) electrons. The Morgan fingerprint density at radius 2 is 2.00 bits per heavy atom. The molecule has 1 nitrogen and oxygen atoms in total. The first-order chi connectivity index (χ1) is 4.70. The van der Waals surface area contributed by atoms with Gasteiger partial charge in [0.1, 0.15) is 0 Å². The maximum absolute atomic E-state index is 4.90. The van der Waals surface area contributed by atoms with Crippen molar-refractivity contribution in [3.8, 4) is 0 Å². The third-order valence-corrected chi connectivity index (χ3v) is 1.59. The van der Waals surface area contributed by atoms with Gasteiger partial charge in [0.05, 0.1) is 0 Å².